The predicted octanol–water partition coefficient (Wildman–Crippen LogP) is 7.48. The number of allylic oxidation sites excluding steroid dienone is 2. The Hall–Kier alpha value is -1.94. The van der Waals surface area contributed by atoms with E-state index >= 15 is 0 Å². The number of amides is 1. The quantitative estimate of drug-likeness (QED) is 0.0999. The fourth-order valence-electron chi connectivity index (χ4n) is 5.93. The Morgan fingerprint density at radius 2 is 1.15 bits per heavy atom. The van der Waals surface area contributed by atoms with E-state index in [-0.39, 0.29) is 16.9 Å². The van der Waals surface area contributed by atoms with Crippen molar-refractivity contribution < 1.29 is 17.2 Å². The maximum Gasteiger partial charge on any atom is 0.323 e. The van der Waals surface area contributed by atoms with Crippen molar-refractivity contribution in [1.82, 2.24) is 4.48 Å². The van der Waals surface area contributed by atoms with Crippen LogP contribution in [0.15, 0.2) is 48.6 Å². The fourth-order valence-corrected chi connectivity index (χ4v) is 5.93. The Kier molecular flexibility index (Phi) is 18.9. The molecule has 0 radical (unpaired) electrons. The second-order valence-corrected chi connectivity index (χ2v) is 11.8. The molecule has 0 aliphatic carbocycles. The van der Waals surface area contributed by atoms with E-state index in [1.165, 1.54) is 92.9 Å². The normalized spacial score (nSPS) is 11.7. The molecule has 0 saturated carbocycles. The summed E-state index contributed by atoms with van der Waals surface area (Å²) in [6, 6.07) is 12.8. The third-order valence-corrected chi connectivity index (χ3v) is 8.75. The summed E-state index contributed by atoms with van der Waals surface area (Å²) in [7, 11) is 0. The zero-order valence-electron chi connectivity index (χ0n) is 27.0. The Morgan fingerprint density at radius 3 is 1.63 bits per heavy atom. The van der Waals surface area contributed by atoms with Gasteiger partial charge in [0, 0.05) is 29.7 Å². The van der Waals surface area contributed by atoms with Crippen LogP contribution in [0.1, 0.15) is 125 Å². The molecular formula is C37H59ClN2O. The van der Waals surface area contributed by atoms with Crippen LogP contribution < -0.4 is 22.6 Å². The van der Waals surface area contributed by atoms with E-state index in [1.807, 2.05) is 0 Å². The highest BCUT2D eigenvalue weighted by molar-refractivity contribution is 5.96. The maximum atomic E-state index is 14.4. The van der Waals surface area contributed by atoms with Crippen LogP contribution in [-0.2, 0) is 4.79 Å². The van der Waals surface area contributed by atoms with Crippen LogP contribution in [0.4, 0.5) is 11.4 Å². The molecule has 2 N–H and O–H groups in total. The average Bonchev–Trinajstić information content (AvgIpc) is 2.95. The topological polar surface area (TPSA) is 43.1 Å². The zero-order chi connectivity index (χ0) is 29.2. The first-order valence-electron chi connectivity index (χ1n) is 16.3. The Morgan fingerprint density at radius 1 is 0.683 bits per heavy atom. The van der Waals surface area contributed by atoms with E-state index in [1.54, 1.807) is 0 Å². The predicted molar refractivity (Wildman–Crippen MR) is 176 cm³/mol. The molecule has 0 bridgehead atoms. The van der Waals surface area contributed by atoms with Crippen molar-refractivity contribution in [3.63, 3.8) is 0 Å². The molecule has 0 aromatic heterocycles. The van der Waals surface area contributed by atoms with Gasteiger partial charge in [-0.15, -0.1) is 0 Å². The van der Waals surface area contributed by atoms with Crippen molar-refractivity contribution in [2.24, 2.45) is 5.73 Å². The molecular weight excluding hydrogens is 524 g/mol. The average molecular weight is 583 g/mol. The van der Waals surface area contributed by atoms with Gasteiger partial charge in [-0.05, 0) is 77.5 Å². The smallest absolute Gasteiger partial charge is 0.323 e. The SMILES string of the molecule is CCCCCCCC/C=C\CCCCCCCC(=O)[N+](CCCN)(c1cccc(C)c1C)c1cccc(C)c1C.[Cl-]. The first-order valence-corrected chi connectivity index (χ1v) is 16.3. The second kappa shape index (κ2) is 20.9. The van der Waals surface area contributed by atoms with Gasteiger partial charge in [-0.25, -0.2) is 4.79 Å². The van der Waals surface area contributed by atoms with Gasteiger partial charge < -0.3 is 18.1 Å². The highest BCUT2D eigenvalue weighted by atomic mass is 35.5. The van der Waals surface area contributed by atoms with Crippen LogP contribution >= 0.6 is 0 Å². The van der Waals surface area contributed by atoms with Gasteiger partial charge in [0.05, 0.1) is 13.0 Å². The highest BCUT2D eigenvalue weighted by Gasteiger charge is 2.43. The molecule has 230 valence electrons. The van der Waals surface area contributed by atoms with Gasteiger partial charge in [-0.3, -0.25) is 0 Å². The number of nitrogens with two attached hydrogens (primary N) is 1. The first kappa shape index (κ1) is 37.1. The first-order chi connectivity index (χ1) is 19.4. The van der Waals surface area contributed by atoms with Gasteiger partial charge in [-0.2, -0.15) is 4.48 Å². The van der Waals surface area contributed by atoms with Gasteiger partial charge in [0.15, 0.2) is 0 Å². The molecule has 0 aliphatic heterocycles. The highest BCUT2D eigenvalue weighted by Crippen LogP contribution is 2.42. The number of quaternary nitrogens is 1. The molecule has 1 amide bonds. The number of carbonyl (C=O) groups excluding carboxylic acids is 1. The van der Waals surface area contributed by atoms with Crippen molar-refractivity contribution in [3.8, 4) is 0 Å². The minimum atomic E-state index is 0. The maximum absolute atomic E-state index is 14.4. The molecule has 0 fully saturated rings. The van der Waals surface area contributed by atoms with Crippen LogP contribution in [0.25, 0.3) is 0 Å². The molecule has 0 saturated heterocycles. The number of carbonyl (C=O) groups is 1. The summed E-state index contributed by atoms with van der Waals surface area (Å²) in [5.74, 6) is 0.300. The number of hydrogen-bond acceptors (Lipinski definition) is 2. The van der Waals surface area contributed by atoms with Crippen molar-refractivity contribution in [1.29, 1.82) is 0 Å². The fraction of sp³-hybridized carbons (Fsp3) is 0.595. The third kappa shape index (κ3) is 11.3. The molecule has 0 spiro atoms. The van der Waals surface area contributed by atoms with E-state index < -0.39 is 0 Å². The number of unbranched alkanes of at least 4 members (excludes halogenated alkanes) is 11. The number of nitrogens with zero attached hydrogens (tertiary/aromatic N) is 1. The minimum Gasteiger partial charge on any atom is -1.00 e. The van der Waals surface area contributed by atoms with Crippen LogP contribution in [0, 0.1) is 27.7 Å². The Bertz CT molecular complexity index is 994. The number of benzene rings is 2. The van der Waals surface area contributed by atoms with Crippen LogP contribution in [0.3, 0.4) is 0 Å². The van der Waals surface area contributed by atoms with E-state index in [2.05, 4.69) is 83.2 Å². The molecule has 0 unspecified atom stereocenters. The molecule has 2 rings (SSSR count). The van der Waals surface area contributed by atoms with Gasteiger partial charge in [0.2, 0.25) is 0 Å². The lowest BCUT2D eigenvalue weighted by molar-refractivity contribution is -0.127. The number of halogens is 1. The van der Waals surface area contributed by atoms with Gasteiger partial charge in [0.25, 0.3) is 0 Å². The summed E-state index contributed by atoms with van der Waals surface area (Å²) in [5.41, 5.74) is 13.1. The Labute approximate surface area is 259 Å². The Balaban J connectivity index is 0.00000840. The number of rotatable bonds is 20. The lowest BCUT2D eigenvalue weighted by Crippen LogP contribution is -3.00. The monoisotopic (exact) mass is 582 g/mol. The summed E-state index contributed by atoms with van der Waals surface area (Å²) in [4.78, 5) is 14.4. The molecule has 2 aromatic rings. The minimum absolute atomic E-state index is 0. The summed E-state index contributed by atoms with van der Waals surface area (Å²) in [6.45, 7) is 12.2. The summed E-state index contributed by atoms with van der Waals surface area (Å²) >= 11 is 0. The molecule has 0 aliphatic rings. The standard InChI is InChI=1S/C37H59N2O.ClH/c1-6-7-8-9-10-11-12-13-14-15-16-17-18-19-20-28-37(40)39(30-23-29-38,35-26-21-24-31(2)33(35)4)36-27-22-25-32(3)34(36)5;/h13-14,21-22,24-27H,6-12,15-20,23,28-30,38H2,1-5H3;1H/q+1;/p-1/b14-13-;. The third-order valence-electron chi connectivity index (χ3n) is 8.75. The zero-order valence-corrected chi connectivity index (χ0v) is 27.7. The summed E-state index contributed by atoms with van der Waals surface area (Å²) in [6.07, 6.45) is 22.6. The van der Waals surface area contributed by atoms with Crippen molar-refractivity contribution in [3.05, 3.63) is 70.8 Å². The van der Waals surface area contributed by atoms with Gasteiger partial charge in [0.1, 0.15) is 11.4 Å². The van der Waals surface area contributed by atoms with Crippen LogP contribution in [0.2, 0.25) is 0 Å². The van der Waals surface area contributed by atoms with Crippen molar-refractivity contribution in [2.45, 2.75) is 131 Å². The van der Waals surface area contributed by atoms with E-state index in [0.717, 1.165) is 30.6 Å². The van der Waals surface area contributed by atoms with Crippen molar-refractivity contribution >= 4 is 17.3 Å². The van der Waals surface area contributed by atoms with Crippen molar-refractivity contribution in [2.75, 3.05) is 13.1 Å². The van der Waals surface area contributed by atoms with Crippen LogP contribution in [0.5, 0.6) is 0 Å². The second-order valence-electron chi connectivity index (χ2n) is 11.8. The molecule has 3 nitrogen and oxygen atoms in total. The molecule has 0 atom stereocenters. The summed E-state index contributed by atoms with van der Waals surface area (Å²) < 4.78 is 0.279. The van der Waals surface area contributed by atoms with Gasteiger partial charge in [-0.1, -0.05) is 94.7 Å². The number of aryl methyl sites for hydroxylation is 2. The largest absolute Gasteiger partial charge is 1.00 e. The van der Waals surface area contributed by atoms with E-state index in [9.17, 15) is 4.79 Å². The molecule has 41 heavy (non-hydrogen) atoms. The molecule has 4 heteroatoms. The lowest BCUT2D eigenvalue weighted by Gasteiger charge is -2.38. The summed E-state index contributed by atoms with van der Waals surface area (Å²) in [5, 5.41) is 0. The lowest BCUT2D eigenvalue weighted by atomic mass is 9.98. The molecule has 0 heterocycles. The molecule has 2 aromatic carbocycles. The number of hydrogen-bond donors (Lipinski definition) is 1. The van der Waals surface area contributed by atoms with E-state index in [0.29, 0.717) is 25.4 Å². The van der Waals surface area contributed by atoms with E-state index in [4.69, 9.17) is 5.73 Å². The van der Waals surface area contributed by atoms with Crippen LogP contribution in [-0.4, -0.2) is 19.0 Å². The van der Waals surface area contributed by atoms with Gasteiger partial charge >= 0.3 is 5.91 Å².